The van der Waals surface area contributed by atoms with E-state index >= 15 is 0 Å². The number of anilines is 1. The van der Waals surface area contributed by atoms with Crippen molar-refractivity contribution < 1.29 is 14.7 Å². The van der Waals surface area contributed by atoms with Crippen LogP contribution < -0.4 is 10.6 Å². The number of carbonyl (C=O) groups excluding carboxylic acids is 1. The van der Waals surface area contributed by atoms with Crippen LogP contribution in [-0.2, 0) is 9.59 Å². The van der Waals surface area contributed by atoms with Gasteiger partial charge in [-0.05, 0) is 24.1 Å². The number of carboxylic acid groups (broad SMARTS) is 1. The van der Waals surface area contributed by atoms with E-state index in [1.165, 1.54) is 6.07 Å². The summed E-state index contributed by atoms with van der Waals surface area (Å²) in [4.78, 5) is 24.3. The lowest BCUT2D eigenvalue weighted by Crippen LogP contribution is -2.48. The fourth-order valence-electron chi connectivity index (χ4n) is 1.54. The number of halogens is 1. The van der Waals surface area contributed by atoms with Crippen LogP contribution in [0.5, 0.6) is 0 Å². The number of hydrogen-bond donors (Lipinski definition) is 2. The minimum absolute atomic E-state index is 0.0806. The summed E-state index contributed by atoms with van der Waals surface area (Å²) in [5, 5.41) is 9.35. The van der Waals surface area contributed by atoms with Crippen molar-refractivity contribution in [2.45, 2.75) is 19.9 Å². The minimum atomic E-state index is -1.11. The molecule has 104 valence electrons. The van der Waals surface area contributed by atoms with Gasteiger partial charge in [-0.25, -0.2) is 0 Å². The molecule has 0 spiro atoms. The van der Waals surface area contributed by atoms with Crippen molar-refractivity contribution in [2.75, 3.05) is 11.4 Å². The first-order valence-electron chi connectivity index (χ1n) is 5.87. The Morgan fingerprint density at radius 1 is 1.42 bits per heavy atom. The summed E-state index contributed by atoms with van der Waals surface area (Å²) in [6.45, 7) is 3.17. The number of carbonyl (C=O) groups is 2. The molecule has 0 unspecified atom stereocenters. The molecule has 0 aromatic heterocycles. The lowest BCUT2D eigenvalue weighted by Gasteiger charge is -2.26. The molecular weight excluding hydrogens is 268 g/mol. The molecule has 1 aromatic carbocycles. The molecule has 0 radical (unpaired) electrons. The summed E-state index contributed by atoms with van der Waals surface area (Å²) in [5.74, 6) is -1.62. The molecule has 1 atom stereocenters. The zero-order chi connectivity index (χ0) is 14.6. The molecule has 19 heavy (non-hydrogen) atoms. The standard InChI is InChI=1S/C13H17ClN2O3/c1-8(2)12(15)13(19)16(7-11(17)18)10-5-3-4-9(14)6-10/h3-6,8,12H,7,15H2,1-2H3,(H,17,18)/t12-/m0/s1. The summed E-state index contributed by atoms with van der Waals surface area (Å²) >= 11 is 5.86. The van der Waals surface area contributed by atoms with Gasteiger partial charge in [0.25, 0.3) is 0 Å². The van der Waals surface area contributed by atoms with Crippen LogP contribution in [0.2, 0.25) is 5.02 Å². The second-order valence-corrected chi connectivity index (χ2v) is 5.00. The second-order valence-electron chi connectivity index (χ2n) is 4.57. The van der Waals surface area contributed by atoms with E-state index in [-0.39, 0.29) is 5.92 Å². The van der Waals surface area contributed by atoms with Crippen LogP contribution in [0.25, 0.3) is 0 Å². The molecule has 0 saturated heterocycles. The number of nitrogens with two attached hydrogens (primary N) is 1. The summed E-state index contributed by atoms with van der Waals surface area (Å²) < 4.78 is 0. The van der Waals surface area contributed by atoms with Gasteiger partial charge in [-0.3, -0.25) is 14.5 Å². The maximum absolute atomic E-state index is 12.2. The highest BCUT2D eigenvalue weighted by atomic mass is 35.5. The number of benzene rings is 1. The Labute approximate surface area is 117 Å². The van der Waals surface area contributed by atoms with Crippen LogP contribution >= 0.6 is 11.6 Å². The molecule has 3 N–H and O–H groups in total. The third-order valence-corrected chi connectivity index (χ3v) is 2.92. The molecule has 0 saturated carbocycles. The zero-order valence-corrected chi connectivity index (χ0v) is 11.6. The molecule has 1 rings (SSSR count). The van der Waals surface area contributed by atoms with Crippen LogP contribution in [0.3, 0.4) is 0 Å². The number of rotatable bonds is 5. The Kier molecular flexibility index (Phi) is 5.32. The Balaban J connectivity index is 3.08. The van der Waals surface area contributed by atoms with E-state index < -0.39 is 24.5 Å². The van der Waals surface area contributed by atoms with Crippen LogP contribution in [0.1, 0.15) is 13.8 Å². The fourth-order valence-corrected chi connectivity index (χ4v) is 1.73. The zero-order valence-electron chi connectivity index (χ0n) is 10.8. The van der Waals surface area contributed by atoms with Gasteiger partial charge in [-0.15, -0.1) is 0 Å². The first-order valence-corrected chi connectivity index (χ1v) is 6.25. The van der Waals surface area contributed by atoms with E-state index in [1.807, 2.05) is 0 Å². The summed E-state index contributed by atoms with van der Waals surface area (Å²) in [7, 11) is 0. The monoisotopic (exact) mass is 284 g/mol. The van der Waals surface area contributed by atoms with E-state index in [1.54, 1.807) is 32.0 Å². The van der Waals surface area contributed by atoms with Crippen molar-refractivity contribution in [2.24, 2.45) is 11.7 Å². The van der Waals surface area contributed by atoms with Gasteiger partial charge in [0.2, 0.25) is 5.91 Å². The topological polar surface area (TPSA) is 83.6 Å². The molecule has 0 aliphatic carbocycles. The average Bonchev–Trinajstić information content (AvgIpc) is 2.33. The van der Waals surface area contributed by atoms with Crippen LogP contribution in [0.15, 0.2) is 24.3 Å². The van der Waals surface area contributed by atoms with E-state index in [4.69, 9.17) is 22.4 Å². The van der Waals surface area contributed by atoms with E-state index in [9.17, 15) is 9.59 Å². The first kappa shape index (κ1) is 15.5. The summed E-state index contributed by atoms with van der Waals surface area (Å²) in [5.41, 5.74) is 6.22. The summed E-state index contributed by atoms with van der Waals surface area (Å²) in [6.07, 6.45) is 0. The van der Waals surface area contributed by atoms with Crippen molar-refractivity contribution >= 4 is 29.2 Å². The molecule has 5 nitrogen and oxygen atoms in total. The van der Waals surface area contributed by atoms with Crippen LogP contribution in [-0.4, -0.2) is 29.6 Å². The number of amides is 1. The predicted molar refractivity (Wildman–Crippen MR) is 74.3 cm³/mol. The predicted octanol–water partition coefficient (Wildman–Crippen LogP) is 1.74. The minimum Gasteiger partial charge on any atom is -0.480 e. The normalized spacial score (nSPS) is 12.3. The van der Waals surface area contributed by atoms with Gasteiger partial charge >= 0.3 is 5.97 Å². The largest absolute Gasteiger partial charge is 0.480 e. The van der Waals surface area contributed by atoms with Gasteiger partial charge in [0, 0.05) is 10.7 Å². The van der Waals surface area contributed by atoms with Crippen molar-refractivity contribution in [1.29, 1.82) is 0 Å². The fraction of sp³-hybridized carbons (Fsp3) is 0.385. The second kappa shape index (κ2) is 6.54. The van der Waals surface area contributed by atoms with Gasteiger partial charge in [-0.1, -0.05) is 31.5 Å². The molecule has 6 heteroatoms. The van der Waals surface area contributed by atoms with Crippen LogP contribution in [0.4, 0.5) is 5.69 Å². The highest BCUT2D eigenvalue weighted by molar-refractivity contribution is 6.31. The Hall–Kier alpha value is -1.59. The van der Waals surface area contributed by atoms with Crippen molar-refractivity contribution in [3.8, 4) is 0 Å². The van der Waals surface area contributed by atoms with Crippen LogP contribution in [0, 0.1) is 5.92 Å². The van der Waals surface area contributed by atoms with E-state index in [0.717, 1.165) is 4.90 Å². The smallest absolute Gasteiger partial charge is 0.323 e. The van der Waals surface area contributed by atoms with Gasteiger partial charge < -0.3 is 10.8 Å². The molecule has 0 fully saturated rings. The van der Waals surface area contributed by atoms with Gasteiger partial charge in [0.05, 0.1) is 6.04 Å². The van der Waals surface area contributed by atoms with E-state index in [0.29, 0.717) is 10.7 Å². The van der Waals surface area contributed by atoms with Gasteiger partial charge in [0.15, 0.2) is 0 Å². The molecule has 1 amide bonds. The van der Waals surface area contributed by atoms with Crippen molar-refractivity contribution in [1.82, 2.24) is 0 Å². The Bertz CT molecular complexity index is 477. The molecular formula is C13H17ClN2O3. The SMILES string of the molecule is CC(C)[C@H](N)C(=O)N(CC(=O)O)c1cccc(Cl)c1. The van der Waals surface area contributed by atoms with E-state index in [2.05, 4.69) is 0 Å². The lowest BCUT2D eigenvalue weighted by molar-refractivity contribution is -0.136. The molecule has 1 aromatic rings. The Morgan fingerprint density at radius 3 is 2.53 bits per heavy atom. The highest BCUT2D eigenvalue weighted by Crippen LogP contribution is 2.20. The highest BCUT2D eigenvalue weighted by Gasteiger charge is 2.26. The number of hydrogen-bond acceptors (Lipinski definition) is 3. The first-order chi connectivity index (χ1) is 8.82. The third kappa shape index (κ3) is 4.22. The van der Waals surface area contributed by atoms with Gasteiger partial charge in [-0.2, -0.15) is 0 Å². The molecule has 0 aliphatic heterocycles. The number of aliphatic carboxylic acids is 1. The Morgan fingerprint density at radius 2 is 2.05 bits per heavy atom. The molecule has 0 heterocycles. The van der Waals surface area contributed by atoms with Crippen molar-refractivity contribution in [3.05, 3.63) is 29.3 Å². The molecule has 0 bridgehead atoms. The third-order valence-electron chi connectivity index (χ3n) is 2.68. The van der Waals surface area contributed by atoms with Gasteiger partial charge in [0.1, 0.15) is 6.54 Å². The molecule has 0 aliphatic rings. The maximum atomic E-state index is 12.2. The quantitative estimate of drug-likeness (QED) is 0.863. The lowest BCUT2D eigenvalue weighted by atomic mass is 10.0. The number of nitrogens with zero attached hydrogens (tertiary/aromatic N) is 1. The maximum Gasteiger partial charge on any atom is 0.323 e. The number of carboxylic acids is 1. The average molecular weight is 285 g/mol. The summed E-state index contributed by atoms with van der Waals surface area (Å²) in [6, 6.07) is 5.71. The van der Waals surface area contributed by atoms with Crippen molar-refractivity contribution in [3.63, 3.8) is 0 Å².